The van der Waals surface area contributed by atoms with E-state index in [1.165, 1.54) is 24.3 Å². The smallest absolute Gasteiger partial charge is 0.165 e. The molecule has 0 aromatic heterocycles. The van der Waals surface area contributed by atoms with Crippen LogP contribution in [0.4, 0.5) is 8.78 Å². The molecular formula is C18H11F2IO2. The molecule has 0 amide bonds. The highest BCUT2D eigenvalue weighted by Gasteiger charge is 2.10. The van der Waals surface area contributed by atoms with Crippen molar-refractivity contribution < 1.29 is 18.3 Å². The van der Waals surface area contributed by atoms with Crippen LogP contribution in [-0.4, -0.2) is 0 Å². The molecule has 0 aliphatic rings. The van der Waals surface area contributed by atoms with Gasteiger partial charge in [0.05, 0.1) is 3.57 Å². The van der Waals surface area contributed by atoms with Gasteiger partial charge < -0.3 is 9.47 Å². The highest BCUT2D eigenvalue weighted by Crippen LogP contribution is 2.33. The van der Waals surface area contributed by atoms with Crippen molar-refractivity contribution in [2.45, 2.75) is 0 Å². The molecule has 0 atom stereocenters. The molecule has 0 spiro atoms. The van der Waals surface area contributed by atoms with Gasteiger partial charge >= 0.3 is 0 Å². The Morgan fingerprint density at radius 2 is 1.22 bits per heavy atom. The van der Waals surface area contributed by atoms with Gasteiger partial charge in [0.2, 0.25) is 0 Å². The molecule has 0 unspecified atom stereocenters. The van der Waals surface area contributed by atoms with E-state index in [-0.39, 0.29) is 11.5 Å². The van der Waals surface area contributed by atoms with E-state index in [9.17, 15) is 8.78 Å². The number of hydrogen-bond donors (Lipinski definition) is 0. The molecule has 0 fully saturated rings. The van der Waals surface area contributed by atoms with Gasteiger partial charge in [-0.3, -0.25) is 0 Å². The topological polar surface area (TPSA) is 18.5 Å². The first-order chi connectivity index (χ1) is 11.1. The maximum atomic E-state index is 13.7. The van der Waals surface area contributed by atoms with Crippen LogP contribution in [0.25, 0.3) is 0 Å². The van der Waals surface area contributed by atoms with Crippen LogP contribution < -0.4 is 9.47 Å². The molecule has 0 bridgehead atoms. The Balaban J connectivity index is 1.88. The van der Waals surface area contributed by atoms with Gasteiger partial charge in [-0.05, 0) is 59.0 Å². The van der Waals surface area contributed by atoms with Crippen molar-refractivity contribution in [1.29, 1.82) is 0 Å². The first-order valence-electron chi connectivity index (χ1n) is 6.78. The third-order valence-electron chi connectivity index (χ3n) is 3.02. The standard InChI is InChI=1S/C18H11F2IO2/c19-13-5-1-3-7-16(13)22-12-9-10-15(21)18(11-12)23-17-8-4-2-6-14(17)20/h1-11H. The average molecular weight is 424 g/mol. The third-order valence-corrected chi connectivity index (χ3v) is 3.91. The van der Waals surface area contributed by atoms with E-state index in [1.54, 1.807) is 42.5 Å². The van der Waals surface area contributed by atoms with Gasteiger partial charge in [-0.15, -0.1) is 0 Å². The van der Waals surface area contributed by atoms with E-state index in [4.69, 9.17) is 9.47 Å². The molecule has 5 heteroatoms. The second-order valence-corrected chi connectivity index (χ2v) is 5.82. The monoisotopic (exact) mass is 424 g/mol. The summed E-state index contributed by atoms with van der Waals surface area (Å²) in [5.74, 6) is 0.164. The number of ether oxygens (including phenoxy) is 2. The van der Waals surface area contributed by atoms with Crippen LogP contribution in [0, 0.1) is 15.2 Å². The van der Waals surface area contributed by atoms with Gasteiger partial charge in [0.15, 0.2) is 23.1 Å². The Morgan fingerprint density at radius 3 is 1.83 bits per heavy atom. The van der Waals surface area contributed by atoms with Crippen LogP contribution in [0.15, 0.2) is 66.7 Å². The summed E-state index contributed by atoms with van der Waals surface area (Å²) in [5.41, 5.74) is 0. The molecule has 0 saturated heterocycles. The lowest BCUT2D eigenvalue weighted by Gasteiger charge is -2.11. The molecule has 3 rings (SSSR count). The zero-order valence-electron chi connectivity index (χ0n) is 11.8. The van der Waals surface area contributed by atoms with Gasteiger partial charge in [0, 0.05) is 6.07 Å². The van der Waals surface area contributed by atoms with E-state index in [1.807, 2.05) is 0 Å². The number of benzene rings is 3. The molecule has 23 heavy (non-hydrogen) atoms. The quantitative estimate of drug-likeness (QED) is 0.468. The highest BCUT2D eigenvalue weighted by molar-refractivity contribution is 14.1. The molecule has 0 heterocycles. The first-order valence-corrected chi connectivity index (χ1v) is 7.85. The molecule has 3 aromatic carbocycles. The van der Waals surface area contributed by atoms with Crippen molar-refractivity contribution in [3.05, 3.63) is 81.9 Å². The molecule has 0 aliphatic carbocycles. The molecular weight excluding hydrogens is 413 g/mol. The number of rotatable bonds is 4. The fourth-order valence-corrected chi connectivity index (χ4v) is 2.37. The Bertz CT molecular complexity index is 837. The van der Waals surface area contributed by atoms with Crippen LogP contribution in [0.5, 0.6) is 23.0 Å². The lowest BCUT2D eigenvalue weighted by atomic mass is 10.3. The summed E-state index contributed by atoms with van der Waals surface area (Å²) >= 11 is 2.08. The van der Waals surface area contributed by atoms with Crippen LogP contribution in [0.2, 0.25) is 0 Å². The van der Waals surface area contributed by atoms with Crippen molar-refractivity contribution in [2.24, 2.45) is 0 Å². The Labute approximate surface area is 145 Å². The van der Waals surface area contributed by atoms with Crippen LogP contribution in [-0.2, 0) is 0 Å². The fourth-order valence-electron chi connectivity index (χ4n) is 1.93. The molecule has 0 aliphatic heterocycles. The van der Waals surface area contributed by atoms with Crippen LogP contribution in [0.3, 0.4) is 0 Å². The maximum Gasteiger partial charge on any atom is 0.165 e. The zero-order chi connectivity index (χ0) is 16.2. The summed E-state index contributed by atoms with van der Waals surface area (Å²) in [5, 5.41) is 0. The van der Waals surface area contributed by atoms with Crippen molar-refractivity contribution in [1.82, 2.24) is 0 Å². The zero-order valence-corrected chi connectivity index (χ0v) is 14.0. The SMILES string of the molecule is Fc1ccccc1Oc1ccc(I)c(Oc2ccccc2F)c1. The first kappa shape index (κ1) is 15.7. The average Bonchev–Trinajstić information content (AvgIpc) is 2.55. The van der Waals surface area contributed by atoms with Crippen LogP contribution >= 0.6 is 22.6 Å². The lowest BCUT2D eigenvalue weighted by molar-refractivity contribution is 0.423. The fraction of sp³-hybridized carbons (Fsp3) is 0. The second kappa shape index (κ2) is 6.95. The summed E-state index contributed by atoms with van der Waals surface area (Å²) in [4.78, 5) is 0. The number of para-hydroxylation sites is 2. The lowest BCUT2D eigenvalue weighted by Crippen LogP contribution is -1.93. The van der Waals surface area contributed by atoms with Gasteiger partial charge in [-0.25, -0.2) is 8.78 Å². The van der Waals surface area contributed by atoms with Gasteiger partial charge in [0.25, 0.3) is 0 Å². The molecule has 3 aromatic rings. The van der Waals surface area contributed by atoms with Gasteiger partial charge in [0.1, 0.15) is 11.5 Å². The Morgan fingerprint density at radius 1 is 0.652 bits per heavy atom. The van der Waals surface area contributed by atoms with Crippen molar-refractivity contribution in [3.63, 3.8) is 0 Å². The minimum atomic E-state index is -0.456. The largest absolute Gasteiger partial charge is 0.454 e. The molecule has 0 radical (unpaired) electrons. The summed E-state index contributed by atoms with van der Waals surface area (Å²) < 4.78 is 39.2. The second-order valence-electron chi connectivity index (χ2n) is 4.66. The molecule has 0 N–H and O–H groups in total. The summed E-state index contributed by atoms with van der Waals surface area (Å²) in [6, 6.07) is 17.3. The van der Waals surface area contributed by atoms with E-state index in [0.29, 0.717) is 11.5 Å². The van der Waals surface area contributed by atoms with Gasteiger partial charge in [-0.2, -0.15) is 0 Å². The molecule has 116 valence electrons. The Hall–Kier alpha value is -2.15. The van der Waals surface area contributed by atoms with Crippen LogP contribution in [0.1, 0.15) is 0 Å². The van der Waals surface area contributed by atoms with Crippen molar-refractivity contribution >= 4 is 22.6 Å². The molecule has 0 saturated carbocycles. The molecule has 2 nitrogen and oxygen atoms in total. The predicted molar refractivity (Wildman–Crippen MR) is 92.1 cm³/mol. The minimum Gasteiger partial charge on any atom is -0.454 e. The summed E-state index contributed by atoms with van der Waals surface area (Å²) in [6.07, 6.45) is 0. The van der Waals surface area contributed by atoms with E-state index in [2.05, 4.69) is 22.6 Å². The third kappa shape index (κ3) is 3.79. The van der Waals surface area contributed by atoms with E-state index in [0.717, 1.165) is 3.57 Å². The predicted octanol–water partition coefficient (Wildman–Crippen LogP) is 6.15. The van der Waals surface area contributed by atoms with E-state index >= 15 is 0 Å². The Kier molecular flexibility index (Phi) is 4.76. The number of halogens is 3. The van der Waals surface area contributed by atoms with E-state index < -0.39 is 11.6 Å². The highest BCUT2D eigenvalue weighted by atomic mass is 127. The van der Waals surface area contributed by atoms with Crippen molar-refractivity contribution in [2.75, 3.05) is 0 Å². The summed E-state index contributed by atoms with van der Waals surface area (Å²) in [6.45, 7) is 0. The normalized spacial score (nSPS) is 10.4. The maximum absolute atomic E-state index is 13.7. The minimum absolute atomic E-state index is 0.116. The summed E-state index contributed by atoms with van der Waals surface area (Å²) in [7, 11) is 0. The van der Waals surface area contributed by atoms with Crippen molar-refractivity contribution in [3.8, 4) is 23.0 Å². The number of hydrogen-bond acceptors (Lipinski definition) is 2. The van der Waals surface area contributed by atoms with Gasteiger partial charge in [-0.1, -0.05) is 24.3 Å².